The molecule has 4 amide bonds. The number of rotatable bonds is 15. The second kappa shape index (κ2) is 19.4. The van der Waals surface area contributed by atoms with Crippen molar-refractivity contribution >= 4 is 44.7 Å². The summed E-state index contributed by atoms with van der Waals surface area (Å²) >= 11 is 0. The topological polar surface area (TPSA) is 193 Å². The number of ether oxygens (including phenoxy) is 2. The molecule has 1 saturated carbocycles. The number of aromatic amines is 1. The molecule has 1 saturated heterocycles. The molecule has 2 fully saturated rings. The van der Waals surface area contributed by atoms with Gasteiger partial charge >= 0.3 is 6.09 Å². The van der Waals surface area contributed by atoms with Crippen LogP contribution in [0, 0.1) is 17.3 Å². The Morgan fingerprint density at radius 3 is 2.32 bits per heavy atom. The maximum Gasteiger partial charge on any atom is 0.407 e. The Labute approximate surface area is 331 Å². The molecule has 3 unspecified atom stereocenters. The highest BCUT2D eigenvalue weighted by atomic mass is 32.2. The van der Waals surface area contributed by atoms with Crippen molar-refractivity contribution in [3.05, 3.63) is 65.0 Å². The number of alkyl halides is 2. The fraction of sp³-hybridized carbons (Fsp3) is 0.525. The third-order valence-corrected chi connectivity index (χ3v) is 10.9. The van der Waals surface area contributed by atoms with Crippen molar-refractivity contribution < 1.29 is 45.9 Å². The van der Waals surface area contributed by atoms with E-state index in [1.54, 1.807) is 42.8 Å². The summed E-state index contributed by atoms with van der Waals surface area (Å²) in [6.07, 6.45) is -2.72. The number of carbonyl (C=O) groups is 4. The van der Waals surface area contributed by atoms with Crippen molar-refractivity contribution in [2.75, 3.05) is 26.3 Å². The first-order valence-corrected chi connectivity index (χ1v) is 20.5. The number of sulfonamides is 1. The summed E-state index contributed by atoms with van der Waals surface area (Å²) in [5.41, 5.74) is 0.967. The number of likely N-dealkylation sites (tertiary alicyclic amines) is 1. The second-order valence-corrected chi connectivity index (χ2v) is 17.8. The van der Waals surface area contributed by atoms with E-state index in [1.165, 1.54) is 0 Å². The molecule has 2 aliphatic rings. The largest absolute Gasteiger partial charge is 0.493 e. The molecule has 0 radical (unpaired) electrons. The van der Waals surface area contributed by atoms with Crippen LogP contribution in [0.1, 0.15) is 67.2 Å². The standard InChI is InChI=1S/C36H43F2N5O9S.C4H10/c1-21(31(37)38)30(34(47)42-53(49,50)25-13-14-25)41-33(46)28-12-7-15-43(28)29(44)18-39-35(48)52-20-36(2,3)19-51-24-10-6-9-22(16-24)26-17-23-8-4-5-11-27(23)40-32(26)45;1-4(2)3/h4-6,8-11,16-17,21,25,28,30-31H,7,12-15,18-20H2,1-3H3,(H,39,48)(H,40,45)(H,41,46)(H,42,47);4H,1-3H3. The van der Waals surface area contributed by atoms with Gasteiger partial charge in [0.15, 0.2) is 0 Å². The minimum Gasteiger partial charge on any atom is -0.493 e. The Morgan fingerprint density at radius 1 is 0.965 bits per heavy atom. The van der Waals surface area contributed by atoms with Crippen LogP contribution in [0.4, 0.5) is 13.6 Å². The Morgan fingerprint density at radius 2 is 1.65 bits per heavy atom. The van der Waals surface area contributed by atoms with E-state index in [-0.39, 0.29) is 31.7 Å². The molecule has 2 aromatic carbocycles. The highest BCUT2D eigenvalue weighted by Gasteiger charge is 2.42. The summed E-state index contributed by atoms with van der Waals surface area (Å²) in [4.78, 5) is 68.2. The fourth-order valence-electron chi connectivity index (χ4n) is 5.83. The molecule has 57 heavy (non-hydrogen) atoms. The third-order valence-electron chi connectivity index (χ3n) is 9.09. The Balaban J connectivity index is 0.00000172. The molecule has 17 heteroatoms. The van der Waals surface area contributed by atoms with E-state index in [4.69, 9.17) is 9.47 Å². The average molecular weight is 818 g/mol. The quantitative estimate of drug-likeness (QED) is 0.164. The number of fused-ring (bicyclic) bond motifs is 1. The van der Waals surface area contributed by atoms with Gasteiger partial charge in [-0.1, -0.05) is 71.9 Å². The number of H-pyrrole nitrogens is 1. The molecule has 1 aromatic heterocycles. The van der Waals surface area contributed by atoms with E-state index in [9.17, 15) is 41.2 Å². The smallest absolute Gasteiger partial charge is 0.407 e. The van der Waals surface area contributed by atoms with Gasteiger partial charge in [-0.25, -0.2) is 22.0 Å². The van der Waals surface area contributed by atoms with Gasteiger partial charge in [-0.2, -0.15) is 0 Å². The lowest BCUT2D eigenvalue weighted by molar-refractivity contribution is -0.139. The molecule has 0 bridgehead atoms. The zero-order valence-electron chi connectivity index (χ0n) is 33.1. The zero-order chi connectivity index (χ0) is 42.1. The van der Waals surface area contributed by atoms with Gasteiger partial charge in [0.2, 0.25) is 28.3 Å². The molecular weight excluding hydrogens is 765 g/mol. The Hall–Kier alpha value is -5.06. The van der Waals surface area contributed by atoms with Crippen LogP contribution >= 0.6 is 0 Å². The van der Waals surface area contributed by atoms with Crippen LogP contribution in [0.5, 0.6) is 5.75 Å². The van der Waals surface area contributed by atoms with Crippen molar-refractivity contribution in [1.82, 2.24) is 25.2 Å². The molecule has 1 aliphatic heterocycles. The number of aromatic nitrogens is 1. The van der Waals surface area contributed by atoms with Crippen molar-refractivity contribution in [2.45, 2.75) is 91.0 Å². The zero-order valence-corrected chi connectivity index (χ0v) is 33.9. The van der Waals surface area contributed by atoms with Crippen molar-refractivity contribution in [1.29, 1.82) is 0 Å². The van der Waals surface area contributed by atoms with E-state index in [1.807, 2.05) is 30.3 Å². The molecule has 5 rings (SSSR count). The minimum atomic E-state index is -4.06. The van der Waals surface area contributed by atoms with Gasteiger partial charge in [0, 0.05) is 29.0 Å². The second-order valence-electron chi connectivity index (χ2n) is 15.9. The first kappa shape index (κ1) is 44.7. The van der Waals surface area contributed by atoms with Gasteiger partial charge in [-0.3, -0.25) is 23.9 Å². The lowest BCUT2D eigenvalue weighted by atomic mass is 9.96. The summed E-state index contributed by atoms with van der Waals surface area (Å²) in [6, 6.07) is 13.3. The number of benzene rings is 2. The fourth-order valence-corrected chi connectivity index (χ4v) is 7.16. The van der Waals surface area contributed by atoms with Gasteiger partial charge in [-0.15, -0.1) is 0 Å². The van der Waals surface area contributed by atoms with E-state index < -0.39 is 75.5 Å². The van der Waals surface area contributed by atoms with Crippen molar-refractivity contribution in [3.8, 4) is 16.9 Å². The Kier molecular flexibility index (Phi) is 15.2. The first-order valence-electron chi connectivity index (χ1n) is 19.0. The predicted octanol–water partition coefficient (Wildman–Crippen LogP) is 4.97. The maximum absolute atomic E-state index is 13.6. The molecular formula is C40H53F2N5O9S. The van der Waals surface area contributed by atoms with Crippen LogP contribution in [0.15, 0.2) is 59.4 Å². The number of carbonyl (C=O) groups excluding carboxylic acids is 4. The van der Waals surface area contributed by atoms with Crippen LogP contribution in [-0.2, 0) is 29.1 Å². The van der Waals surface area contributed by atoms with Gasteiger partial charge in [0.1, 0.15) is 31.0 Å². The van der Waals surface area contributed by atoms with Crippen molar-refractivity contribution in [2.24, 2.45) is 17.3 Å². The van der Waals surface area contributed by atoms with Crippen LogP contribution in [0.3, 0.4) is 0 Å². The molecule has 3 atom stereocenters. The van der Waals surface area contributed by atoms with Crippen LogP contribution in [0.25, 0.3) is 22.0 Å². The number of alkyl carbamates (subject to hydrolysis) is 1. The average Bonchev–Trinajstić information content (AvgIpc) is 3.91. The summed E-state index contributed by atoms with van der Waals surface area (Å²) in [7, 11) is -4.06. The van der Waals surface area contributed by atoms with Gasteiger partial charge in [0.25, 0.3) is 11.5 Å². The van der Waals surface area contributed by atoms with E-state index in [0.29, 0.717) is 36.1 Å². The van der Waals surface area contributed by atoms with Gasteiger partial charge in [-0.05, 0) is 66.8 Å². The van der Waals surface area contributed by atoms with Crippen LogP contribution in [-0.4, -0.2) is 92.2 Å². The number of hydrogen-bond acceptors (Lipinski definition) is 9. The molecule has 1 aliphatic carbocycles. The number of nitrogens with zero attached hydrogens (tertiary/aromatic N) is 1. The SMILES string of the molecule is CC(C(F)F)C(NC(=O)C1CCCN1C(=O)CNC(=O)OCC(C)(C)COc1cccc(-c2cc3ccccc3[nH]c2=O)c1)C(=O)NS(=O)(=O)C1CC1.CC(C)C. The maximum atomic E-state index is 13.6. The van der Waals surface area contributed by atoms with Gasteiger partial charge in [0.05, 0.1) is 11.9 Å². The van der Waals surface area contributed by atoms with Gasteiger partial charge < -0.3 is 30.0 Å². The summed E-state index contributed by atoms with van der Waals surface area (Å²) in [5, 5.41) is 4.68. The predicted molar refractivity (Wildman–Crippen MR) is 211 cm³/mol. The third kappa shape index (κ3) is 13.0. The first-order chi connectivity index (χ1) is 26.8. The normalized spacial score (nSPS) is 16.7. The minimum absolute atomic E-state index is 0.0892. The number of para-hydroxylation sites is 1. The highest BCUT2D eigenvalue weighted by Crippen LogP contribution is 2.28. The van der Waals surface area contributed by atoms with Crippen LogP contribution in [0.2, 0.25) is 0 Å². The highest BCUT2D eigenvalue weighted by molar-refractivity contribution is 7.90. The summed E-state index contributed by atoms with van der Waals surface area (Å²) < 4.78 is 64.9. The molecule has 3 aromatic rings. The number of halogens is 2. The summed E-state index contributed by atoms with van der Waals surface area (Å²) in [5.74, 6) is -3.21. The monoisotopic (exact) mass is 817 g/mol. The summed E-state index contributed by atoms with van der Waals surface area (Å²) in [6.45, 7) is 10.8. The lowest BCUT2D eigenvalue weighted by Crippen LogP contribution is -2.57. The molecule has 4 N–H and O–H groups in total. The number of hydrogen-bond donors (Lipinski definition) is 4. The number of pyridine rings is 1. The van der Waals surface area contributed by atoms with Crippen molar-refractivity contribution in [3.63, 3.8) is 0 Å². The number of amides is 4. The van der Waals surface area contributed by atoms with E-state index in [2.05, 4.69) is 36.4 Å². The molecule has 14 nitrogen and oxygen atoms in total. The molecule has 0 spiro atoms. The van der Waals surface area contributed by atoms with Crippen LogP contribution < -0.4 is 25.7 Å². The molecule has 2 heterocycles. The lowest BCUT2D eigenvalue weighted by Gasteiger charge is -2.28. The Bertz CT molecular complexity index is 2070. The number of nitrogens with one attached hydrogen (secondary N) is 4. The molecule has 312 valence electrons. The van der Waals surface area contributed by atoms with E-state index in [0.717, 1.165) is 28.6 Å². The van der Waals surface area contributed by atoms with E-state index >= 15 is 0 Å².